The summed E-state index contributed by atoms with van der Waals surface area (Å²) in [6.07, 6.45) is 4.54. The maximum Gasteiger partial charge on any atom is 0.410 e. The Morgan fingerprint density at radius 3 is 2.69 bits per heavy atom. The van der Waals surface area contributed by atoms with E-state index in [1.54, 1.807) is 16.6 Å². The van der Waals surface area contributed by atoms with Gasteiger partial charge in [-0.05, 0) is 61.2 Å². The fourth-order valence-corrected chi connectivity index (χ4v) is 3.85. The monoisotopic (exact) mass is 357 g/mol. The predicted molar refractivity (Wildman–Crippen MR) is 98.2 cm³/mol. The third kappa shape index (κ3) is 3.06. The van der Waals surface area contributed by atoms with E-state index in [-0.39, 0.29) is 6.09 Å². The van der Waals surface area contributed by atoms with Crippen molar-refractivity contribution >= 4 is 6.09 Å². The normalized spacial score (nSPS) is 16.3. The summed E-state index contributed by atoms with van der Waals surface area (Å²) >= 11 is 0. The lowest BCUT2D eigenvalue weighted by atomic mass is 9.79. The molecule has 7 heteroatoms. The van der Waals surface area contributed by atoms with Gasteiger partial charge in [-0.3, -0.25) is 4.90 Å². The third-order valence-electron chi connectivity index (χ3n) is 5.55. The smallest absolute Gasteiger partial charge is 0.410 e. The minimum atomic E-state index is -0.551. The van der Waals surface area contributed by atoms with Crippen molar-refractivity contribution < 1.29 is 9.53 Å². The maximum absolute atomic E-state index is 12.5. The molecule has 0 bridgehead atoms. The Balaban J connectivity index is 2.11. The van der Waals surface area contributed by atoms with Crippen LogP contribution in [-0.4, -0.2) is 44.9 Å². The number of tetrazole rings is 1. The van der Waals surface area contributed by atoms with Gasteiger partial charge in [0.2, 0.25) is 0 Å². The zero-order valence-corrected chi connectivity index (χ0v) is 16.0. The Morgan fingerprint density at radius 2 is 2.00 bits per heavy atom. The number of rotatable bonds is 4. The van der Waals surface area contributed by atoms with E-state index in [1.165, 1.54) is 5.56 Å². The van der Waals surface area contributed by atoms with E-state index in [0.29, 0.717) is 12.4 Å². The molecule has 2 aromatic rings. The number of hydrogen-bond donors (Lipinski definition) is 0. The minimum absolute atomic E-state index is 0.329. The van der Waals surface area contributed by atoms with Crippen LogP contribution < -0.4 is 0 Å². The van der Waals surface area contributed by atoms with Crippen molar-refractivity contribution in [2.45, 2.75) is 58.4 Å². The van der Waals surface area contributed by atoms with Crippen molar-refractivity contribution in [1.29, 1.82) is 0 Å². The molecule has 1 aromatic carbocycles. The second-order valence-electron chi connectivity index (χ2n) is 6.98. The number of carbonyl (C=O) groups is 1. The third-order valence-corrected chi connectivity index (χ3v) is 5.55. The molecule has 0 spiro atoms. The second-order valence-corrected chi connectivity index (χ2v) is 6.98. The molecule has 0 unspecified atom stereocenters. The van der Waals surface area contributed by atoms with Gasteiger partial charge in [0.15, 0.2) is 5.82 Å². The summed E-state index contributed by atoms with van der Waals surface area (Å²) in [5.74, 6) is 0.710. The quantitative estimate of drug-likeness (QED) is 0.837. The molecule has 1 heterocycles. The zero-order chi connectivity index (χ0) is 18.7. The Kier molecular flexibility index (Phi) is 5.25. The standard InChI is InChI=1S/C19H27N5O2/c1-5-26-18(25)23(4)19(12-7-6-8-13-19)17-20-21-22-24(17)16-11-9-10-14(2)15(16)3/h9-11H,5-8,12-13H2,1-4H3. The van der Waals surface area contributed by atoms with Crippen LogP contribution in [0.25, 0.3) is 5.69 Å². The number of amides is 1. The summed E-state index contributed by atoms with van der Waals surface area (Å²) in [6, 6.07) is 6.10. The lowest BCUT2D eigenvalue weighted by molar-refractivity contribution is 0.0390. The van der Waals surface area contributed by atoms with Crippen molar-refractivity contribution in [2.75, 3.05) is 13.7 Å². The molecule has 7 nitrogen and oxygen atoms in total. The minimum Gasteiger partial charge on any atom is -0.450 e. The van der Waals surface area contributed by atoms with E-state index in [9.17, 15) is 4.79 Å². The molecular weight excluding hydrogens is 330 g/mol. The van der Waals surface area contributed by atoms with Gasteiger partial charge in [0.1, 0.15) is 5.54 Å². The van der Waals surface area contributed by atoms with Gasteiger partial charge in [0.25, 0.3) is 0 Å². The van der Waals surface area contributed by atoms with Crippen molar-refractivity contribution in [2.24, 2.45) is 0 Å². The molecule has 0 atom stereocenters. The van der Waals surface area contributed by atoms with E-state index in [4.69, 9.17) is 4.74 Å². The molecule has 26 heavy (non-hydrogen) atoms. The largest absolute Gasteiger partial charge is 0.450 e. The molecule has 0 saturated heterocycles. The number of hydrogen-bond acceptors (Lipinski definition) is 5. The predicted octanol–water partition coefficient (Wildman–Crippen LogP) is 3.53. The first kappa shape index (κ1) is 18.4. The van der Waals surface area contributed by atoms with Crippen molar-refractivity contribution in [3.8, 4) is 5.69 Å². The van der Waals surface area contributed by atoms with Crippen LogP contribution in [-0.2, 0) is 10.3 Å². The van der Waals surface area contributed by atoms with Crippen LogP contribution in [0.1, 0.15) is 56.0 Å². The molecule has 0 N–H and O–H groups in total. The maximum atomic E-state index is 12.5. The molecule has 1 aliphatic carbocycles. The number of carbonyl (C=O) groups excluding carboxylic acids is 1. The highest BCUT2D eigenvalue weighted by molar-refractivity contribution is 5.68. The number of aromatic nitrogens is 4. The number of aryl methyl sites for hydroxylation is 1. The average molecular weight is 357 g/mol. The van der Waals surface area contributed by atoms with Gasteiger partial charge < -0.3 is 4.74 Å². The lowest BCUT2D eigenvalue weighted by Crippen LogP contribution is -2.50. The summed E-state index contributed by atoms with van der Waals surface area (Å²) in [4.78, 5) is 14.2. The first-order chi connectivity index (χ1) is 12.5. The Morgan fingerprint density at radius 1 is 1.27 bits per heavy atom. The van der Waals surface area contributed by atoms with Crippen molar-refractivity contribution in [3.05, 3.63) is 35.2 Å². The van der Waals surface area contributed by atoms with Crippen LogP contribution in [0, 0.1) is 13.8 Å². The molecule has 1 saturated carbocycles. The van der Waals surface area contributed by atoms with Crippen LogP contribution >= 0.6 is 0 Å². The Bertz CT molecular complexity index is 780. The Labute approximate surface area is 154 Å². The molecule has 1 aromatic heterocycles. The molecule has 140 valence electrons. The number of benzene rings is 1. The Hall–Kier alpha value is -2.44. The van der Waals surface area contributed by atoms with Gasteiger partial charge in [-0.25, -0.2) is 4.79 Å². The highest BCUT2D eigenvalue weighted by Gasteiger charge is 2.45. The van der Waals surface area contributed by atoms with Crippen molar-refractivity contribution in [3.63, 3.8) is 0 Å². The first-order valence-electron chi connectivity index (χ1n) is 9.27. The van der Waals surface area contributed by atoms with E-state index >= 15 is 0 Å². The van der Waals surface area contributed by atoms with Crippen LogP contribution in [0.5, 0.6) is 0 Å². The summed E-state index contributed by atoms with van der Waals surface area (Å²) in [5.41, 5.74) is 2.71. The fourth-order valence-electron chi connectivity index (χ4n) is 3.85. The summed E-state index contributed by atoms with van der Waals surface area (Å²) in [7, 11) is 1.80. The van der Waals surface area contributed by atoms with E-state index in [1.807, 2.05) is 19.1 Å². The SMILES string of the molecule is CCOC(=O)N(C)C1(c2nnnn2-c2cccc(C)c2C)CCCCC1. The number of nitrogens with zero attached hydrogens (tertiary/aromatic N) is 5. The van der Waals surface area contributed by atoms with Gasteiger partial charge in [-0.15, -0.1) is 5.10 Å². The van der Waals surface area contributed by atoms with Crippen molar-refractivity contribution in [1.82, 2.24) is 25.1 Å². The lowest BCUT2D eigenvalue weighted by Gasteiger charge is -2.42. The molecule has 1 amide bonds. The summed E-state index contributed by atoms with van der Waals surface area (Å²) < 4.78 is 7.07. The van der Waals surface area contributed by atoms with Crippen LogP contribution in [0.15, 0.2) is 18.2 Å². The molecule has 0 aliphatic heterocycles. The van der Waals surface area contributed by atoms with Crippen LogP contribution in [0.2, 0.25) is 0 Å². The van der Waals surface area contributed by atoms with E-state index < -0.39 is 5.54 Å². The van der Waals surface area contributed by atoms with Gasteiger partial charge in [0, 0.05) is 7.05 Å². The molecule has 1 fully saturated rings. The van der Waals surface area contributed by atoms with Gasteiger partial charge in [-0.1, -0.05) is 31.4 Å². The van der Waals surface area contributed by atoms with E-state index in [0.717, 1.165) is 43.4 Å². The van der Waals surface area contributed by atoms with Gasteiger partial charge >= 0.3 is 6.09 Å². The fraction of sp³-hybridized carbons (Fsp3) is 0.579. The van der Waals surface area contributed by atoms with Gasteiger partial charge in [0.05, 0.1) is 12.3 Å². The topological polar surface area (TPSA) is 73.1 Å². The van der Waals surface area contributed by atoms with Crippen LogP contribution in [0.3, 0.4) is 0 Å². The zero-order valence-electron chi connectivity index (χ0n) is 16.0. The number of ether oxygens (including phenoxy) is 1. The molecular formula is C19H27N5O2. The molecule has 3 rings (SSSR count). The molecule has 0 radical (unpaired) electrons. The summed E-state index contributed by atoms with van der Waals surface area (Å²) in [6.45, 7) is 6.31. The average Bonchev–Trinajstić information content (AvgIpc) is 3.14. The van der Waals surface area contributed by atoms with Crippen LogP contribution in [0.4, 0.5) is 4.79 Å². The first-order valence-corrected chi connectivity index (χ1v) is 9.27. The summed E-state index contributed by atoms with van der Waals surface area (Å²) in [5, 5.41) is 12.6. The van der Waals surface area contributed by atoms with Gasteiger partial charge in [-0.2, -0.15) is 4.68 Å². The second kappa shape index (κ2) is 7.43. The molecule has 1 aliphatic rings. The highest BCUT2D eigenvalue weighted by atomic mass is 16.6. The van der Waals surface area contributed by atoms with E-state index in [2.05, 4.69) is 35.4 Å². The highest BCUT2D eigenvalue weighted by Crippen LogP contribution is 2.41.